The lowest BCUT2D eigenvalue weighted by molar-refractivity contribution is -0.385. The van der Waals surface area contributed by atoms with Crippen molar-refractivity contribution in [2.45, 2.75) is 13.0 Å². The van der Waals surface area contributed by atoms with E-state index in [-0.39, 0.29) is 17.1 Å². The summed E-state index contributed by atoms with van der Waals surface area (Å²) in [5, 5.41) is 11.7. The van der Waals surface area contributed by atoms with Crippen molar-refractivity contribution in [3.05, 3.63) is 62.7 Å². The second-order valence-electron chi connectivity index (χ2n) is 5.40. The van der Waals surface area contributed by atoms with Gasteiger partial charge in [-0.15, -0.1) is 0 Å². The molecule has 2 aromatic rings. The third kappa shape index (κ3) is 4.53. The van der Waals surface area contributed by atoms with E-state index < -0.39 is 28.5 Å². The molecule has 0 bridgehead atoms. The molecule has 0 aliphatic rings. The minimum absolute atomic E-state index is 0.0889. The number of esters is 1. The number of nitro benzene ring substituents is 1. The predicted molar refractivity (Wildman–Crippen MR) is 96.9 cm³/mol. The van der Waals surface area contributed by atoms with Gasteiger partial charge in [-0.2, -0.15) is 0 Å². The Labute approximate surface area is 159 Å². The number of nitro groups is 1. The van der Waals surface area contributed by atoms with Gasteiger partial charge in [-0.05, 0) is 31.2 Å². The Morgan fingerprint density at radius 1 is 1.07 bits per heavy atom. The molecule has 8 nitrogen and oxygen atoms in total. The van der Waals surface area contributed by atoms with Gasteiger partial charge in [-0.1, -0.05) is 11.6 Å². The second kappa shape index (κ2) is 8.50. The Balaban J connectivity index is 2.29. The van der Waals surface area contributed by atoms with Crippen LogP contribution in [0.2, 0.25) is 5.02 Å². The lowest BCUT2D eigenvalue weighted by Gasteiger charge is -2.14. The molecule has 0 aliphatic carbocycles. The molecule has 0 amide bonds. The van der Waals surface area contributed by atoms with Gasteiger partial charge in [0.05, 0.1) is 25.2 Å². The van der Waals surface area contributed by atoms with E-state index in [4.69, 9.17) is 25.8 Å². The zero-order valence-corrected chi connectivity index (χ0v) is 15.5. The molecule has 27 heavy (non-hydrogen) atoms. The molecule has 2 rings (SSSR count). The van der Waals surface area contributed by atoms with Gasteiger partial charge in [0.1, 0.15) is 5.56 Å². The SMILES string of the molecule is COc1cc(C(=O)O[C@H](C)C(=O)c2ccc(Cl)cc2)c([N+](=O)[O-])cc1OC. The van der Waals surface area contributed by atoms with Crippen molar-refractivity contribution in [1.29, 1.82) is 0 Å². The number of ketones is 1. The highest BCUT2D eigenvalue weighted by Gasteiger charge is 2.28. The van der Waals surface area contributed by atoms with E-state index in [1.807, 2.05) is 0 Å². The van der Waals surface area contributed by atoms with Gasteiger partial charge in [0.2, 0.25) is 5.78 Å². The number of Topliss-reactive ketones (excluding diaryl/α,β-unsaturated/α-hetero) is 1. The van der Waals surface area contributed by atoms with Crippen LogP contribution < -0.4 is 9.47 Å². The molecule has 142 valence electrons. The van der Waals surface area contributed by atoms with Gasteiger partial charge in [0, 0.05) is 16.7 Å². The highest BCUT2D eigenvalue weighted by atomic mass is 35.5. The van der Waals surface area contributed by atoms with Crippen LogP contribution in [0.15, 0.2) is 36.4 Å². The van der Waals surface area contributed by atoms with Crippen molar-refractivity contribution < 1.29 is 28.7 Å². The van der Waals surface area contributed by atoms with Crippen molar-refractivity contribution >= 4 is 29.0 Å². The Bertz CT molecular complexity index is 880. The summed E-state index contributed by atoms with van der Waals surface area (Å²) in [6, 6.07) is 8.24. The van der Waals surface area contributed by atoms with Gasteiger partial charge < -0.3 is 14.2 Å². The van der Waals surface area contributed by atoms with Crippen molar-refractivity contribution in [2.24, 2.45) is 0 Å². The Hall–Kier alpha value is -3.13. The molecule has 0 N–H and O–H groups in total. The lowest BCUT2D eigenvalue weighted by atomic mass is 10.1. The molecule has 1 atom stereocenters. The summed E-state index contributed by atoms with van der Waals surface area (Å²) in [4.78, 5) is 35.4. The maximum absolute atomic E-state index is 12.4. The van der Waals surface area contributed by atoms with Crippen LogP contribution in [-0.2, 0) is 4.74 Å². The number of methoxy groups -OCH3 is 2. The summed E-state index contributed by atoms with van der Waals surface area (Å²) in [7, 11) is 2.64. The maximum atomic E-state index is 12.4. The third-order valence-corrected chi connectivity index (χ3v) is 3.95. The summed E-state index contributed by atoms with van der Waals surface area (Å²) in [6.07, 6.45) is -1.16. The first-order chi connectivity index (χ1) is 12.8. The summed E-state index contributed by atoms with van der Waals surface area (Å²) in [6.45, 7) is 1.38. The summed E-state index contributed by atoms with van der Waals surface area (Å²) in [5.41, 5.74) is -0.585. The summed E-state index contributed by atoms with van der Waals surface area (Å²) in [5.74, 6) is -1.29. The van der Waals surface area contributed by atoms with Crippen LogP contribution in [0.5, 0.6) is 11.5 Å². The van der Waals surface area contributed by atoms with Crippen LogP contribution in [0.3, 0.4) is 0 Å². The van der Waals surface area contributed by atoms with Crippen LogP contribution >= 0.6 is 11.6 Å². The highest BCUT2D eigenvalue weighted by Crippen LogP contribution is 2.35. The predicted octanol–water partition coefficient (Wildman–Crippen LogP) is 3.69. The molecule has 0 heterocycles. The number of benzene rings is 2. The van der Waals surface area contributed by atoms with Crippen molar-refractivity contribution in [3.63, 3.8) is 0 Å². The average molecular weight is 394 g/mol. The van der Waals surface area contributed by atoms with Crippen molar-refractivity contribution in [2.75, 3.05) is 14.2 Å². The van der Waals surface area contributed by atoms with Gasteiger partial charge >= 0.3 is 5.97 Å². The number of carbonyl (C=O) groups excluding carboxylic acids is 2. The molecule has 0 spiro atoms. The number of nitrogens with zero attached hydrogens (tertiary/aromatic N) is 1. The molecule has 0 unspecified atom stereocenters. The summed E-state index contributed by atoms with van der Waals surface area (Å²) >= 11 is 5.78. The lowest BCUT2D eigenvalue weighted by Crippen LogP contribution is -2.25. The molecular formula is C18H16ClNO7. The molecule has 0 saturated heterocycles. The van der Waals surface area contributed by atoms with E-state index in [1.165, 1.54) is 45.4 Å². The quantitative estimate of drug-likeness (QED) is 0.305. The van der Waals surface area contributed by atoms with E-state index in [1.54, 1.807) is 0 Å². The number of halogens is 1. The van der Waals surface area contributed by atoms with E-state index >= 15 is 0 Å². The van der Waals surface area contributed by atoms with Crippen LogP contribution in [0.1, 0.15) is 27.6 Å². The van der Waals surface area contributed by atoms with Crippen LogP contribution in [0.25, 0.3) is 0 Å². The smallest absolute Gasteiger partial charge is 0.346 e. The van der Waals surface area contributed by atoms with E-state index in [2.05, 4.69) is 0 Å². The zero-order chi connectivity index (χ0) is 20.1. The maximum Gasteiger partial charge on any atom is 0.346 e. The number of rotatable bonds is 7. The molecular weight excluding hydrogens is 378 g/mol. The number of carbonyl (C=O) groups is 2. The van der Waals surface area contributed by atoms with Gasteiger partial charge in [-0.3, -0.25) is 14.9 Å². The fourth-order valence-corrected chi connectivity index (χ4v) is 2.44. The molecule has 0 radical (unpaired) electrons. The molecule has 0 aliphatic heterocycles. The van der Waals surface area contributed by atoms with E-state index in [9.17, 15) is 19.7 Å². The third-order valence-electron chi connectivity index (χ3n) is 3.70. The van der Waals surface area contributed by atoms with Gasteiger partial charge in [-0.25, -0.2) is 4.79 Å². The highest BCUT2D eigenvalue weighted by molar-refractivity contribution is 6.30. The largest absolute Gasteiger partial charge is 0.493 e. The number of hydrogen-bond acceptors (Lipinski definition) is 7. The Morgan fingerprint density at radius 3 is 2.15 bits per heavy atom. The van der Waals surface area contributed by atoms with Crippen molar-refractivity contribution in [3.8, 4) is 11.5 Å². The Morgan fingerprint density at radius 2 is 1.63 bits per heavy atom. The van der Waals surface area contributed by atoms with Gasteiger partial charge in [0.15, 0.2) is 17.6 Å². The Kier molecular flexibility index (Phi) is 6.36. The molecule has 0 saturated carbocycles. The fourth-order valence-electron chi connectivity index (χ4n) is 2.31. The number of ether oxygens (including phenoxy) is 3. The first kappa shape index (κ1) is 20.2. The standard InChI is InChI=1S/C18H16ClNO7/c1-10(17(21)11-4-6-12(19)7-5-11)27-18(22)13-8-15(25-2)16(26-3)9-14(13)20(23)24/h4-10H,1-3H3/t10-/m1/s1. The average Bonchev–Trinajstić information content (AvgIpc) is 2.66. The molecule has 9 heteroatoms. The van der Waals surface area contributed by atoms with Crippen LogP contribution in [-0.4, -0.2) is 37.0 Å². The first-order valence-corrected chi connectivity index (χ1v) is 8.07. The normalized spacial score (nSPS) is 11.4. The van der Waals surface area contributed by atoms with Crippen LogP contribution in [0, 0.1) is 10.1 Å². The first-order valence-electron chi connectivity index (χ1n) is 7.69. The second-order valence-corrected chi connectivity index (χ2v) is 5.84. The van der Waals surface area contributed by atoms with E-state index in [0.717, 1.165) is 12.1 Å². The fraction of sp³-hybridized carbons (Fsp3) is 0.222. The topological polar surface area (TPSA) is 105 Å². The zero-order valence-electron chi connectivity index (χ0n) is 14.7. The monoisotopic (exact) mass is 393 g/mol. The van der Waals surface area contributed by atoms with Crippen LogP contribution in [0.4, 0.5) is 5.69 Å². The number of hydrogen-bond donors (Lipinski definition) is 0. The summed E-state index contributed by atoms with van der Waals surface area (Å²) < 4.78 is 15.2. The molecule has 0 aromatic heterocycles. The van der Waals surface area contributed by atoms with E-state index in [0.29, 0.717) is 10.6 Å². The van der Waals surface area contributed by atoms with Crippen molar-refractivity contribution in [1.82, 2.24) is 0 Å². The van der Waals surface area contributed by atoms with Gasteiger partial charge in [0.25, 0.3) is 5.69 Å². The minimum Gasteiger partial charge on any atom is -0.493 e. The molecule has 0 fully saturated rings. The minimum atomic E-state index is -1.16. The molecule has 2 aromatic carbocycles.